The topological polar surface area (TPSA) is 132 Å². The number of carbonyl (C=O) groups is 1. The predicted octanol–water partition coefficient (Wildman–Crippen LogP) is 10.3. The zero-order valence-corrected chi connectivity index (χ0v) is 30.7. The average molecular weight is 791 g/mol. The van der Waals surface area contributed by atoms with Crippen LogP contribution in [0.3, 0.4) is 0 Å². The van der Waals surface area contributed by atoms with E-state index >= 15 is 0 Å². The van der Waals surface area contributed by atoms with Crippen molar-refractivity contribution in [2.45, 2.75) is 37.4 Å². The van der Waals surface area contributed by atoms with Crippen LogP contribution in [0.2, 0.25) is 20.1 Å². The van der Waals surface area contributed by atoms with Gasteiger partial charge in [-0.15, -0.1) is 5.10 Å². The Morgan fingerprint density at radius 1 is 0.981 bits per heavy atom. The molecule has 1 saturated heterocycles. The first-order valence-corrected chi connectivity index (χ1v) is 18.0. The lowest BCUT2D eigenvalue weighted by Gasteiger charge is -2.37. The molecule has 1 aliphatic rings. The highest BCUT2D eigenvalue weighted by Gasteiger charge is 2.33. The summed E-state index contributed by atoms with van der Waals surface area (Å²) in [6, 6.07) is 24.0. The van der Waals surface area contributed by atoms with E-state index in [9.17, 15) is 19.6 Å². The van der Waals surface area contributed by atoms with Crippen LogP contribution < -0.4 is 10.6 Å². The second kappa shape index (κ2) is 15.5. The van der Waals surface area contributed by atoms with Crippen LogP contribution >= 0.6 is 46.4 Å². The summed E-state index contributed by atoms with van der Waals surface area (Å²) in [6.45, 7) is 0.357. The molecule has 1 amide bonds. The van der Waals surface area contributed by atoms with E-state index in [1.54, 1.807) is 28.9 Å². The van der Waals surface area contributed by atoms with Crippen molar-refractivity contribution in [2.75, 3.05) is 17.2 Å². The SMILES string of the molecule is N#Cc1cnc2c(Cl)cc(NC(c3ccc(Cl)c(Cl)c3)c3cn(C4CCN(C(=O)O)C(Cc5ccccc5)C4)nn3)cc2c1Nc1ccc(F)c(Cl)c1. The van der Waals surface area contributed by atoms with Gasteiger partial charge in [-0.3, -0.25) is 4.98 Å². The molecule has 0 bridgehead atoms. The van der Waals surface area contributed by atoms with Gasteiger partial charge in [-0.05, 0) is 72.9 Å². The number of rotatable bonds is 9. The minimum atomic E-state index is -0.946. The van der Waals surface area contributed by atoms with Crippen LogP contribution in [0, 0.1) is 17.1 Å². The molecule has 3 N–H and O–H groups in total. The van der Waals surface area contributed by atoms with E-state index in [1.807, 2.05) is 42.6 Å². The highest BCUT2D eigenvalue weighted by Crippen LogP contribution is 2.38. The summed E-state index contributed by atoms with van der Waals surface area (Å²) in [4.78, 5) is 18.1. The molecular formula is C38H29Cl4FN8O2. The number of anilines is 3. The zero-order chi connectivity index (χ0) is 37.2. The van der Waals surface area contributed by atoms with Gasteiger partial charge in [-0.25, -0.2) is 13.9 Å². The molecule has 3 atom stereocenters. The van der Waals surface area contributed by atoms with E-state index in [-0.39, 0.29) is 22.7 Å². The number of benzene rings is 4. The standard InChI is InChI=1S/C38H29Cl4FN8O2/c39-29-8-6-22(13-30(29)40)36(34-20-51(49-48-34)26-10-11-50(38(52)53)27(17-26)12-21-4-2-1-3-5-21)47-25-14-28-35(46-24-7-9-33(43)31(41)15-24)23(18-44)19-45-37(28)32(42)16-25/h1-9,13-16,19-20,26-27,36,47H,10-12,17H2,(H,45,46)(H,52,53). The number of carboxylic acid groups (broad SMARTS) is 1. The van der Waals surface area contributed by atoms with Gasteiger partial charge in [-0.2, -0.15) is 5.26 Å². The normalized spacial score (nSPS) is 16.3. The molecule has 10 nitrogen and oxygen atoms in total. The quantitative estimate of drug-likeness (QED) is 0.132. The number of fused-ring (bicyclic) bond motifs is 1. The maximum absolute atomic E-state index is 13.9. The van der Waals surface area contributed by atoms with Crippen LogP contribution in [0.25, 0.3) is 10.9 Å². The molecular weight excluding hydrogens is 761 g/mol. The van der Waals surface area contributed by atoms with Crippen molar-refractivity contribution in [1.29, 1.82) is 5.26 Å². The Balaban J connectivity index is 1.24. The van der Waals surface area contributed by atoms with Crippen molar-refractivity contribution in [3.63, 3.8) is 0 Å². The molecule has 3 heterocycles. The van der Waals surface area contributed by atoms with Crippen molar-refractivity contribution in [3.05, 3.63) is 140 Å². The van der Waals surface area contributed by atoms with Gasteiger partial charge in [0.05, 0.1) is 55.1 Å². The molecule has 7 rings (SSSR count). The Kier molecular flexibility index (Phi) is 10.6. The fourth-order valence-corrected chi connectivity index (χ4v) is 7.43. The van der Waals surface area contributed by atoms with Gasteiger partial charge in [0.25, 0.3) is 0 Å². The summed E-state index contributed by atoms with van der Waals surface area (Å²) in [5.41, 5.74) is 4.43. The van der Waals surface area contributed by atoms with Crippen LogP contribution in [0.1, 0.15) is 47.3 Å². The lowest BCUT2D eigenvalue weighted by Crippen LogP contribution is -2.47. The third kappa shape index (κ3) is 7.82. The minimum Gasteiger partial charge on any atom is -0.465 e. The number of hydrogen-bond acceptors (Lipinski definition) is 7. The van der Waals surface area contributed by atoms with Gasteiger partial charge in [0.1, 0.15) is 17.6 Å². The summed E-state index contributed by atoms with van der Waals surface area (Å²) < 4.78 is 15.7. The Hall–Kier alpha value is -5.12. The van der Waals surface area contributed by atoms with Gasteiger partial charge >= 0.3 is 6.09 Å². The molecule has 0 aliphatic carbocycles. The summed E-state index contributed by atoms with van der Waals surface area (Å²) in [6.07, 6.45) is 4.02. The summed E-state index contributed by atoms with van der Waals surface area (Å²) in [5.74, 6) is -0.574. The second-order valence-electron chi connectivity index (χ2n) is 12.6. The first-order valence-electron chi connectivity index (χ1n) is 16.5. The molecule has 15 heteroatoms. The van der Waals surface area contributed by atoms with Crippen molar-refractivity contribution in [2.24, 2.45) is 0 Å². The largest absolute Gasteiger partial charge is 0.465 e. The van der Waals surface area contributed by atoms with Crippen LogP contribution in [0.5, 0.6) is 0 Å². The number of piperidine rings is 1. The third-order valence-electron chi connectivity index (χ3n) is 9.27. The van der Waals surface area contributed by atoms with Crippen molar-refractivity contribution in [1.82, 2.24) is 24.9 Å². The summed E-state index contributed by atoms with van der Waals surface area (Å²) in [7, 11) is 0. The van der Waals surface area contributed by atoms with Gasteiger partial charge in [0.2, 0.25) is 0 Å². The highest BCUT2D eigenvalue weighted by molar-refractivity contribution is 6.42. The molecule has 0 spiro atoms. The second-order valence-corrected chi connectivity index (χ2v) is 14.3. The minimum absolute atomic E-state index is 0.0797. The first-order chi connectivity index (χ1) is 25.6. The summed E-state index contributed by atoms with van der Waals surface area (Å²) >= 11 is 25.7. The number of aromatic nitrogens is 4. The van der Waals surface area contributed by atoms with Crippen molar-refractivity contribution >= 4 is 80.5 Å². The smallest absolute Gasteiger partial charge is 0.407 e. The fourth-order valence-electron chi connectivity index (χ4n) is 6.67. The molecule has 4 aromatic carbocycles. The maximum atomic E-state index is 13.9. The average Bonchev–Trinajstić information content (AvgIpc) is 3.64. The van der Waals surface area contributed by atoms with E-state index in [0.717, 1.165) is 11.1 Å². The first kappa shape index (κ1) is 36.2. The lowest BCUT2D eigenvalue weighted by molar-refractivity contribution is 0.0887. The molecule has 1 aliphatic heterocycles. The number of nitrogens with zero attached hydrogens (tertiary/aromatic N) is 6. The molecule has 3 unspecified atom stereocenters. The van der Waals surface area contributed by atoms with Crippen LogP contribution in [-0.4, -0.2) is 48.7 Å². The molecule has 0 saturated carbocycles. The van der Waals surface area contributed by atoms with Crippen LogP contribution in [-0.2, 0) is 6.42 Å². The third-order valence-corrected chi connectivity index (χ3v) is 10.6. The molecule has 53 heavy (non-hydrogen) atoms. The summed E-state index contributed by atoms with van der Waals surface area (Å²) in [5, 5.41) is 37.2. The number of likely N-dealkylation sites (tertiary alicyclic amines) is 1. The van der Waals surface area contributed by atoms with Gasteiger partial charge < -0.3 is 20.6 Å². The fraction of sp³-hybridized carbons (Fsp3) is 0.184. The van der Waals surface area contributed by atoms with Crippen molar-refractivity contribution in [3.8, 4) is 6.07 Å². The molecule has 268 valence electrons. The van der Waals surface area contributed by atoms with Crippen LogP contribution in [0.15, 0.2) is 91.3 Å². The number of halogens is 5. The Bertz CT molecular complexity index is 2370. The highest BCUT2D eigenvalue weighted by atomic mass is 35.5. The predicted molar refractivity (Wildman–Crippen MR) is 205 cm³/mol. The Morgan fingerprint density at radius 2 is 1.77 bits per heavy atom. The monoisotopic (exact) mass is 788 g/mol. The Labute approximate surface area is 323 Å². The van der Waals surface area contributed by atoms with E-state index < -0.39 is 18.0 Å². The number of hydrogen-bond donors (Lipinski definition) is 3. The number of nitrogens with one attached hydrogen (secondary N) is 2. The van der Waals surface area contributed by atoms with Gasteiger partial charge in [0, 0.05) is 35.5 Å². The molecule has 6 aromatic rings. The van der Waals surface area contributed by atoms with Crippen LogP contribution in [0.4, 0.5) is 26.2 Å². The molecule has 2 aromatic heterocycles. The van der Waals surface area contributed by atoms with E-state index in [2.05, 4.69) is 32.0 Å². The molecule has 1 fully saturated rings. The van der Waals surface area contributed by atoms with E-state index in [0.29, 0.717) is 74.5 Å². The van der Waals surface area contributed by atoms with E-state index in [1.165, 1.54) is 29.3 Å². The maximum Gasteiger partial charge on any atom is 0.407 e. The number of amides is 1. The van der Waals surface area contributed by atoms with Gasteiger partial charge in [0.15, 0.2) is 0 Å². The van der Waals surface area contributed by atoms with Gasteiger partial charge in [-0.1, -0.05) is 88.0 Å². The van der Waals surface area contributed by atoms with E-state index in [4.69, 9.17) is 46.4 Å². The Morgan fingerprint density at radius 3 is 2.51 bits per heavy atom. The number of pyridine rings is 1. The number of nitriles is 1. The van der Waals surface area contributed by atoms with Crippen molar-refractivity contribution < 1.29 is 14.3 Å². The zero-order valence-electron chi connectivity index (χ0n) is 27.6. The molecule has 0 radical (unpaired) electrons. The lowest BCUT2D eigenvalue weighted by atomic mass is 9.92.